The van der Waals surface area contributed by atoms with E-state index in [1.165, 1.54) is 5.56 Å². The lowest BCUT2D eigenvalue weighted by Crippen LogP contribution is -2.54. The van der Waals surface area contributed by atoms with Crippen LogP contribution in [-0.4, -0.2) is 54.0 Å². The van der Waals surface area contributed by atoms with Crippen molar-refractivity contribution in [2.24, 2.45) is 0 Å². The van der Waals surface area contributed by atoms with Gasteiger partial charge >= 0.3 is 6.03 Å². The van der Waals surface area contributed by atoms with Gasteiger partial charge in [0.2, 0.25) is 0 Å². The topological polar surface area (TPSA) is 52.7 Å². The van der Waals surface area contributed by atoms with E-state index >= 15 is 0 Å². The van der Waals surface area contributed by atoms with Gasteiger partial charge in [0.05, 0.1) is 0 Å². The Balaban J connectivity index is 2.03. The monoisotopic (exact) mass is 317 g/mol. The van der Waals surface area contributed by atoms with Crippen molar-refractivity contribution in [2.75, 3.05) is 26.2 Å². The maximum atomic E-state index is 12.8. The Morgan fingerprint density at radius 2 is 1.43 bits per heavy atom. The second-order valence-corrected chi connectivity index (χ2v) is 6.66. The van der Waals surface area contributed by atoms with Gasteiger partial charge in [-0.05, 0) is 45.7 Å². The number of amides is 3. The Bertz CT molecular complexity index is 579. The van der Waals surface area contributed by atoms with E-state index in [4.69, 9.17) is 0 Å². The molecule has 1 aliphatic heterocycles. The van der Waals surface area contributed by atoms with Crippen LogP contribution in [0.4, 0.5) is 4.79 Å². The highest BCUT2D eigenvalue weighted by molar-refractivity contribution is 5.97. The van der Waals surface area contributed by atoms with Gasteiger partial charge in [0.15, 0.2) is 0 Å². The molecule has 126 valence electrons. The molecule has 0 unspecified atom stereocenters. The van der Waals surface area contributed by atoms with Crippen LogP contribution in [0.5, 0.6) is 0 Å². The van der Waals surface area contributed by atoms with Crippen molar-refractivity contribution in [1.82, 2.24) is 15.1 Å². The molecule has 1 aliphatic rings. The fourth-order valence-corrected chi connectivity index (χ4v) is 3.13. The van der Waals surface area contributed by atoms with Crippen LogP contribution in [-0.2, 0) is 0 Å². The molecule has 0 bridgehead atoms. The van der Waals surface area contributed by atoms with Gasteiger partial charge in [0.25, 0.3) is 5.91 Å². The maximum Gasteiger partial charge on any atom is 0.317 e. The molecule has 3 amide bonds. The quantitative estimate of drug-likeness (QED) is 0.911. The van der Waals surface area contributed by atoms with Gasteiger partial charge in [0.1, 0.15) is 0 Å². The van der Waals surface area contributed by atoms with Crippen LogP contribution in [0.15, 0.2) is 12.1 Å². The maximum absolute atomic E-state index is 12.8. The first kappa shape index (κ1) is 17.3. The fourth-order valence-electron chi connectivity index (χ4n) is 3.13. The molecule has 0 aromatic heterocycles. The molecule has 0 saturated carbocycles. The summed E-state index contributed by atoms with van der Waals surface area (Å²) >= 11 is 0. The minimum atomic E-state index is -0.0465. The predicted octanol–water partition coefficient (Wildman–Crippen LogP) is 2.49. The van der Waals surface area contributed by atoms with Crippen molar-refractivity contribution in [2.45, 2.75) is 40.7 Å². The van der Waals surface area contributed by atoms with E-state index in [1.807, 2.05) is 51.7 Å². The van der Waals surface area contributed by atoms with Gasteiger partial charge in [-0.15, -0.1) is 0 Å². The lowest BCUT2D eigenvalue weighted by Gasteiger charge is -2.35. The molecule has 1 N–H and O–H groups in total. The van der Waals surface area contributed by atoms with Gasteiger partial charge in [-0.25, -0.2) is 4.79 Å². The number of piperazine rings is 1. The number of urea groups is 1. The summed E-state index contributed by atoms with van der Waals surface area (Å²) in [6.45, 7) is 12.2. The van der Waals surface area contributed by atoms with E-state index in [0.29, 0.717) is 26.2 Å². The molecule has 0 aliphatic carbocycles. The minimum Gasteiger partial charge on any atom is -0.336 e. The standard InChI is InChI=1S/C18H27N3O2/c1-12(2)19-18(23)21-8-6-20(7-9-21)17(22)16-14(4)10-13(3)11-15(16)5/h10-12H,6-9H2,1-5H3,(H,19,23). The minimum absolute atomic E-state index is 0.0465. The summed E-state index contributed by atoms with van der Waals surface area (Å²) in [6, 6.07) is 4.17. The second-order valence-electron chi connectivity index (χ2n) is 6.66. The number of hydrogen-bond acceptors (Lipinski definition) is 2. The summed E-state index contributed by atoms with van der Waals surface area (Å²) in [5.41, 5.74) is 4.02. The van der Waals surface area contributed by atoms with E-state index in [9.17, 15) is 9.59 Å². The van der Waals surface area contributed by atoms with E-state index in [2.05, 4.69) is 5.32 Å². The van der Waals surface area contributed by atoms with Crippen molar-refractivity contribution in [3.63, 3.8) is 0 Å². The Morgan fingerprint density at radius 1 is 0.957 bits per heavy atom. The van der Waals surface area contributed by atoms with Crippen molar-refractivity contribution < 1.29 is 9.59 Å². The average molecular weight is 317 g/mol. The van der Waals surface area contributed by atoms with Crippen LogP contribution in [0.25, 0.3) is 0 Å². The van der Waals surface area contributed by atoms with Crippen LogP contribution in [0.3, 0.4) is 0 Å². The summed E-state index contributed by atoms with van der Waals surface area (Å²) < 4.78 is 0. The third-order valence-electron chi connectivity index (χ3n) is 4.16. The number of carbonyl (C=O) groups excluding carboxylic acids is 2. The van der Waals surface area contributed by atoms with Gasteiger partial charge in [-0.2, -0.15) is 0 Å². The summed E-state index contributed by atoms with van der Waals surface area (Å²) in [4.78, 5) is 28.5. The number of carbonyl (C=O) groups is 2. The van der Waals surface area contributed by atoms with E-state index in [0.717, 1.165) is 16.7 Å². The Hall–Kier alpha value is -2.04. The first-order valence-corrected chi connectivity index (χ1v) is 8.22. The number of hydrogen-bond donors (Lipinski definition) is 1. The molecule has 1 saturated heterocycles. The second kappa shape index (κ2) is 7.02. The fraction of sp³-hybridized carbons (Fsp3) is 0.556. The van der Waals surface area contributed by atoms with Crippen LogP contribution < -0.4 is 5.32 Å². The molecule has 0 spiro atoms. The number of benzene rings is 1. The average Bonchev–Trinajstić information content (AvgIpc) is 2.45. The zero-order valence-corrected chi connectivity index (χ0v) is 14.8. The first-order valence-electron chi connectivity index (χ1n) is 8.22. The molecule has 0 radical (unpaired) electrons. The van der Waals surface area contributed by atoms with Crippen molar-refractivity contribution in [1.29, 1.82) is 0 Å². The third kappa shape index (κ3) is 4.03. The highest BCUT2D eigenvalue weighted by Gasteiger charge is 2.26. The van der Waals surface area contributed by atoms with Gasteiger partial charge in [-0.1, -0.05) is 17.7 Å². The lowest BCUT2D eigenvalue weighted by molar-refractivity contribution is 0.0662. The van der Waals surface area contributed by atoms with E-state index < -0.39 is 0 Å². The number of rotatable bonds is 2. The smallest absolute Gasteiger partial charge is 0.317 e. The highest BCUT2D eigenvalue weighted by Crippen LogP contribution is 2.19. The van der Waals surface area contributed by atoms with Crippen LogP contribution in [0.2, 0.25) is 0 Å². The lowest BCUT2D eigenvalue weighted by atomic mass is 9.98. The Labute approximate surface area is 138 Å². The Kier molecular flexibility index (Phi) is 5.29. The van der Waals surface area contributed by atoms with Crippen molar-refractivity contribution >= 4 is 11.9 Å². The molecule has 0 atom stereocenters. The summed E-state index contributed by atoms with van der Waals surface area (Å²) in [5, 5.41) is 2.90. The molecule has 5 heteroatoms. The largest absolute Gasteiger partial charge is 0.336 e. The highest BCUT2D eigenvalue weighted by atomic mass is 16.2. The molecule has 5 nitrogen and oxygen atoms in total. The first-order chi connectivity index (χ1) is 10.8. The molecular formula is C18H27N3O2. The number of nitrogens with zero attached hydrogens (tertiary/aromatic N) is 2. The number of nitrogens with one attached hydrogen (secondary N) is 1. The van der Waals surface area contributed by atoms with E-state index in [-0.39, 0.29) is 18.0 Å². The van der Waals surface area contributed by atoms with Crippen LogP contribution in [0.1, 0.15) is 40.9 Å². The summed E-state index contributed by atoms with van der Waals surface area (Å²) in [5.74, 6) is 0.0731. The van der Waals surface area contributed by atoms with Gasteiger partial charge in [0, 0.05) is 37.8 Å². The molecule has 1 aromatic carbocycles. The van der Waals surface area contributed by atoms with Crippen molar-refractivity contribution in [3.05, 3.63) is 34.4 Å². The van der Waals surface area contributed by atoms with Gasteiger partial charge < -0.3 is 15.1 Å². The number of aryl methyl sites for hydroxylation is 3. The van der Waals surface area contributed by atoms with Gasteiger partial charge in [-0.3, -0.25) is 4.79 Å². The van der Waals surface area contributed by atoms with Crippen molar-refractivity contribution in [3.8, 4) is 0 Å². The molecule has 2 rings (SSSR count). The predicted molar refractivity (Wildman–Crippen MR) is 91.8 cm³/mol. The summed E-state index contributed by atoms with van der Waals surface area (Å²) in [6.07, 6.45) is 0. The van der Waals surface area contributed by atoms with Crippen LogP contribution in [0, 0.1) is 20.8 Å². The Morgan fingerprint density at radius 3 is 1.91 bits per heavy atom. The molecule has 1 heterocycles. The molecule has 1 fully saturated rings. The SMILES string of the molecule is Cc1cc(C)c(C(=O)N2CCN(C(=O)NC(C)C)CC2)c(C)c1. The molecule has 23 heavy (non-hydrogen) atoms. The normalized spacial score (nSPS) is 15.0. The zero-order chi connectivity index (χ0) is 17.1. The zero-order valence-electron chi connectivity index (χ0n) is 14.8. The molecule has 1 aromatic rings. The summed E-state index contributed by atoms with van der Waals surface area (Å²) in [7, 11) is 0. The van der Waals surface area contributed by atoms with E-state index in [1.54, 1.807) is 4.90 Å². The third-order valence-corrected chi connectivity index (χ3v) is 4.16. The molecular weight excluding hydrogens is 290 g/mol. The van der Waals surface area contributed by atoms with Crippen LogP contribution >= 0.6 is 0 Å².